The van der Waals surface area contributed by atoms with Gasteiger partial charge in [0, 0.05) is 21.9 Å². The zero-order chi connectivity index (χ0) is 13.2. The molecule has 2 N–H and O–H groups in total. The number of rotatable bonds is 4. The summed E-state index contributed by atoms with van der Waals surface area (Å²) in [5.74, 6) is -0.285. The van der Waals surface area contributed by atoms with Crippen molar-refractivity contribution in [2.45, 2.75) is 18.8 Å². The maximum atomic E-state index is 14.0. The molecule has 2 rings (SSSR count). The highest BCUT2D eigenvalue weighted by molar-refractivity contribution is 7.09. The molecule has 1 aromatic heterocycles. The van der Waals surface area contributed by atoms with Crippen molar-refractivity contribution in [1.82, 2.24) is 0 Å². The number of halogens is 2. The van der Waals surface area contributed by atoms with Gasteiger partial charge < -0.3 is 5.73 Å². The minimum absolute atomic E-state index is 0.285. The summed E-state index contributed by atoms with van der Waals surface area (Å²) in [6.07, 6.45) is 0.736. The Kier molecular flexibility index (Phi) is 4.05. The highest BCUT2D eigenvalue weighted by atomic mass is 35.5. The van der Waals surface area contributed by atoms with Gasteiger partial charge in [0.15, 0.2) is 0 Å². The van der Waals surface area contributed by atoms with E-state index in [0.717, 1.165) is 6.42 Å². The van der Waals surface area contributed by atoms with Gasteiger partial charge in [-0.2, -0.15) is 0 Å². The molecule has 0 aliphatic heterocycles. The van der Waals surface area contributed by atoms with Crippen molar-refractivity contribution in [3.8, 4) is 0 Å². The minimum Gasteiger partial charge on any atom is -0.330 e. The maximum Gasteiger partial charge on any atom is 0.128 e. The van der Waals surface area contributed by atoms with Crippen molar-refractivity contribution in [2.24, 2.45) is 5.73 Å². The first-order valence-corrected chi connectivity index (χ1v) is 6.99. The highest BCUT2D eigenvalue weighted by Gasteiger charge is 2.28. The van der Waals surface area contributed by atoms with E-state index in [1.807, 2.05) is 24.4 Å². The lowest BCUT2D eigenvalue weighted by molar-refractivity contribution is 0.453. The van der Waals surface area contributed by atoms with Crippen LogP contribution in [0, 0.1) is 5.82 Å². The van der Waals surface area contributed by atoms with Crippen LogP contribution < -0.4 is 5.73 Å². The number of hydrogen-bond donors (Lipinski definition) is 1. The summed E-state index contributed by atoms with van der Waals surface area (Å²) in [6.45, 7) is 2.38. The Balaban J connectivity index is 2.36. The van der Waals surface area contributed by atoms with Crippen molar-refractivity contribution >= 4 is 22.9 Å². The summed E-state index contributed by atoms with van der Waals surface area (Å²) in [4.78, 5) is 1.21. The van der Waals surface area contributed by atoms with Crippen LogP contribution in [0.2, 0.25) is 5.02 Å². The molecule has 1 atom stereocenters. The normalized spacial score (nSPS) is 14.4. The molecule has 0 bridgehead atoms. The highest BCUT2D eigenvalue weighted by Crippen LogP contribution is 2.31. The first-order valence-electron chi connectivity index (χ1n) is 5.73. The van der Waals surface area contributed by atoms with E-state index in [1.165, 1.54) is 10.9 Å². The molecule has 1 nitrogen and oxygen atoms in total. The van der Waals surface area contributed by atoms with Gasteiger partial charge in [-0.3, -0.25) is 0 Å². The van der Waals surface area contributed by atoms with Gasteiger partial charge in [0.25, 0.3) is 0 Å². The molecule has 0 radical (unpaired) electrons. The van der Waals surface area contributed by atoms with E-state index in [4.69, 9.17) is 17.3 Å². The van der Waals surface area contributed by atoms with E-state index in [9.17, 15) is 4.39 Å². The monoisotopic (exact) mass is 283 g/mol. The Morgan fingerprint density at radius 1 is 1.39 bits per heavy atom. The number of hydrogen-bond acceptors (Lipinski definition) is 2. The number of benzene rings is 1. The second-order valence-corrected chi connectivity index (χ2v) is 6.11. The minimum atomic E-state index is -0.403. The molecule has 0 saturated carbocycles. The van der Waals surface area contributed by atoms with Crippen molar-refractivity contribution < 1.29 is 4.39 Å². The van der Waals surface area contributed by atoms with Crippen molar-refractivity contribution in [1.29, 1.82) is 0 Å². The van der Waals surface area contributed by atoms with Gasteiger partial charge in [0.05, 0.1) is 0 Å². The third-order valence-corrected chi connectivity index (χ3v) is 4.29. The van der Waals surface area contributed by atoms with Crippen molar-refractivity contribution in [3.05, 3.63) is 57.0 Å². The zero-order valence-electron chi connectivity index (χ0n) is 10.1. The standard InChI is InChI=1S/C14H15ClFNS/c1-14(9-17,8-11-3-2-6-18-11)12-5-4-10(15)7-13(12)16/h2-7H,8-9,17H2,1H3. The van der Waals surface area contributed by atoms with Gasteiger partial charge in [-0.05, 0) is 35.6 Å². The van der Waals surface area contributed by atoms with E-state index in [0.29, 0.717) is 17.1 Å². The fourth-order valence-corrected chi connectivity index (χ4v) is 3.10. The van der Waals surface area contributed by atoms with Crippen LogP contribution in [0.4, 0.5) is 4.39 Å². The van der Waals surface area contributed by atoms with Crippen LogP contribution in [0.15, 0.2) is 35.7 Å². The smallest absolute Gasteiger partial charge is 0.128 e. The quantitative estimate of drug-likeness (QED) is 0.902. The summed E-state index contributed by atoms with van der Waals surface area (Å²) in [7, 11) is 0. The average molecular weight is 284 g/mol. The van der Waals surface area contributed by atoms with Crippen LogP contribution in [0.5, 0.6) is 0 Å². The average Bonchev–Trinajstić information content (AvgIpc) is 2.81. The molecule has 0 fully saturated rings. The summed E-state index contributed by atoms with van der Waals surface area (Å²) >= 11 is 7.45. The summed E-state index contributed by atoms with van der Waals surface area (Å²) in [5.41, 5.74) is 6.09. The fourth-order valence-electron chi connectivity index (χ4n) is 2.05. The van der Waals surface area contributed by atoms with Crippen molar-refractivity contribution in [3.63, 3.8) is 0 Å². The number of thiophene rings is 1. The Morgan fingerprint density at radius 2 is 2.17 bits per heavy atom. The summed E-state index contributed by atoms with van der Waals surface area (Å²) in [5, 5.41) is 2.43. The Labute approximate surface area is 115 Å². The van der Waals surface area contributed by atoms with Crippen LogP contribution in [-0.4, -0.2) is 6.54 Å². The zero-order valence-corrected chi connectivity index (χ0v) is 11.7. The number of nitrogens with two attached hydrogens (primary N) is 1. The van der Waals surface area contributed by atoms with E-state index in [2.05, 4.69) is 0 Å². The molecule has 0 aliphatic rings. The topological polar surface area (TPSA) is 26.0 Å². The van der Waals surface area contributed by atoms with E-state index in [-0.39, 0.29) is 5.82 Å². The van der Waals surface area contributed by atoms with Gasteiger partial charge in [-0.1, -0.05) is 30.7 Å². The lowest BCUT2D eigenvalue weighted by Gasteiger charge is -2.28. The first kappa shape index (κ1) is 13.5. The fraction of sp³-hybridized carbons (Fsp3) is 0.286. The second-order valence-electron chi connectivity index (χ2n) is 4.65. The van der Waals surface area contributed by atoms with E-state index >= 15 is 0 Å². The van der Waals surface area contributed by atoms with Crippen LogP contribution >= 0.6 is 22.9 Å². The van der Waals surface area contributed by atoms with Gasteiger partial charge in [-0.15, -0.1) is 11.3 Å². The molecule has 1 aromatic carbocycles. The lowest BCUT2D eigenvalue weighted by Crippen LogP contribution is -2.34. The van der Waals surface area contributed by atoms with Gasteiger partial charge in [-0.25, -0.2) is 4.39 Å². The SMILES string of the molecule is CC(CN)(Cc1cccs1)c1ccc(Cl)cc1F. The molecule has 0 amide bonds. The van der Waals surface area contributed by atoms with Gasteiger partial charge >= 0.3 is 0 Å². The third-order valence-electron chi connectivity index (χ3n) is 3.18. The molecular weight excluding hydrogens is 269 g/mol. The van der Waals surface area contributed by atoms with Crippen LogP contribution in [0.3, 0.4) is 0 Å². The Hall–Kier alpha value is -0.900. The third kappa shape index (κ3) is 2.74. The largest absolute Gasteiger partial charge is 0.330 e. The molecule has 1 unspecified atom stereocenters. The second kappa shape index (κ2) is 5.39. The van der Waals surface area contributed by atoms with E-state index < -0.39 is 5.41 Å². The predicted molar refractivity (Wildman–Crippen MR) is 75.8 cm³/mol. The lowest BCUT2D eigenvalue weighted by atomic mass is 9.79. The first-order chi connectivity index (χ1) is 8.55. The molecule has 2 aromatic rings. The molecule has 96 valence electrons. The Morgan fingerprint density at radius 3 is 2.72 bits per heavy atom. The van der Waals surface area contributed by atoms with Gasteiger partial charge in [0.2, 0.25) is 0 Å². The summed E-state index contributed by atoms with van der Waals surface area (Å²) < 4.78 is 14.0. The van der Waals surface area contributed by atoms with E-state index in [1.54, 1.807) is 23.5 Å². The van der Waals surface area contributed by atoms with Crippen LogP contribution in [0.1, 0.15) is 17.4 Å². The maximum absolute atomic E-state index is 14.0. The summed E-state index contributed by atoms with van der Waals surface area (Å²) in [6, 6.07) is 8.83. The Bertz CT molecular complexity index is 527. The van der Waals surface area contributed by atoms with Crippen LogP contribution in [0.25, 0.3) is 0 Å². The van der Waals surface area contributed by atoms with Crippen molar-refractivity contribution in [2.75, 3.05) is 6.54 Å². The molecule has 0 aliphatic carbocycles. The molecule has 18 heavy (non-hydrogen) atoms. The predicted octanol–water partition coefficient (Wildman–Crippen LogP) is 4.00. The molecular formula is C14H15ClFNS. The molecule has 4 heteroatoms. The molecule has 0 saturated heterocycles. The van der Waals surface area contributed by atoms with Gasteiger partial charge in [0.1, 0.15) is 5.82 Å². The van der Waals surface area contributed by atoms with Crippen LogP contribution in [-0.2, 0) is 11.8 Å². The molecule has 1 heterocycles. The molecule has 0 spiro atoms.